The van der Waals surface area contributed by atoms with Crippen LogP contribution >= 0.6 is 0 Å². The first-order chi connectivity index (χ1) is 31.4. The molecule has 64 heavy (non-hydrogen) atoms. The second kappa shape index (κ2) is 14.6. The van der Waals surface area contributed by atoms with E-state index in [2.05, 4.69) is 243 Å². The van der Waals surface area contributed by atoms with Gasteiger partial charge in [-0.25, -0.2) is 0 Å². The average molecular weight is 838 g/mol. The number of hydrogen-bond donors (Lipinski definition) is 0. The van der Waals surface area contributed by atoms with Gasteiger partial charge in [-0.15, -0.1) is 0 Å². The Morgan fingerprint density at radius 3 is 1.42 bits per heavy atom. The molecule has 1 unspecified atom stereocenters. The summed E-state index contributed by atoms with van der Waals surface area (Å²) in [6, 6.07) is 83.8. The smallest absolute Gasteiger partial charge is 0.135 e. The Morgan fingerprint density at radius 1 is 0.359 bits per heavy atom. The lowest BCUT2D eigenvalue weighted by Gasteiger charge is -2.35. The summed E-state index contributed by atoms with van der Waals surface area (Å²) in [4.78, 5) is 2.43. The molecule has 1 atom stereocenters. The van der Waals surface area contributed by atoms with Crippen molar-refractivity contribution in [2.45, 2.75) is 30.5 Å². The van der Waals surface area contributed by atoms with E-state index < -0.39 is 18.9 Å². The highest BCUT2D eigenvalue weighted by Gasteiger charge is 2.48. The van der Waals surface area contributed by atoms with Gasteiger partial charge in [0.2, 0.25) is 0 Å². The minimum atomic E-state index is -1.55. The fourth-order valence-corrected chi connectivity index (χ4v) is 12.4. The quantitative estimate of drug-likeness (QED) is 0.142. The summed E-state index contributed by atoms with van der Waals surface area (Å²) in [5.41, 5.74) is 18.3. The fourth-order valence-electron chi connectivity index (χ4n) is 11.2. The van der Waals surface area contributed by atoms with Crippen molar-refractivity contribution in [1.29, 1.82) is 0 Å². The zero-order valence-electron chi connectivity index (χ0n) is 36.3. The Bertz CT molecular complexity index is 3330. The molecule has 10 aromatic rings. The summed E-state index contributed by atoms with van der Waals surface area (Å²) in [6.07, 6.45) is 1.78. The maximum Gasteiger partial charge on any atom is 0.135 e. The molecule has 12 rings (SSSR count). The van der Waals surface area contributed by atoms with E-state index in [9.17, 15) is 0 Å². The number of fused-ring (bicyclic) bond motifs is 7. The Balaban J connectivity index is 1.12. The molecule has 2 aliphatic rings. The van der Waals surface area contributed by atoms with E-state index in [0.29, 0.717) is 0 Å². The van der Waals surface area contributed by atoms with Gasteiger partial charge in [0.05, 0.1) is 25.2 Å². The van der Waals surface area contributed by atoms with Crippen LogP contribution in [-0.4, -0.2) is 8.07 Å². The lowest BCUT2D eigenvalue weighted by Crippen LogP contribution is -2.38. The molecule has 0 saturated heterocycles. The highest BCUT2D eigenvalue weighted by Crippen LogP contribution is 2.59. The van der Waals surface area contributed by atoms with E-state index >= 15 is 0 Å². The molecule has 0 bridgehead atoms. The maximum absolute atomic E-state index is 6.10. The fraction of sp³-hybridized carbons (Fsp3) is 0.0820. The highest BCUT2D eigenvalue weighted by atomic mass is 28.3. The summed E-state index contributed by atoms with van der Waals surface area (Å²) in [5, 5.41) is 2.54. The Labute approximate surface area is 376 Å². The zero-order valence-corrected chi connectivity index (χ0v) is 37.3. The van der Waals surface area contributed by atoms with E-state index in [1.54, 1.807) is 6.26 Å². The van der Waals surface area contributed by atoms with Gasteiger partial charge in [0.25, 0.3) is 0 Å². The second-order valence-electron chi connectivity index (χ2n) is 18.5. The largest absolute Gasteiger partial charge is 0.464 e. The maximum atomic E-state index is 6.10. The second-order valence-corrected chi connectivity index (χ2v) is 23.5. The van der Waals surface area contributed by atoms with Crippen molar-refractivity contribution >= 4 is 41.3 Å². The molecule has 306 valence electrons. The van der Waals surface area contributed by atoms with E-state index in [-0.39, 0.29) is 0 Å². The predicted octanol–water partition coefficient (Wildman–Crippen LogP) is 15.2. The number of nitrogens with zero attached hydrogens (tertiary/aromatic N) is 1. The summed E-state index contributed by atoms with van der Waals surface area (Å²) >= 11 is 0. The molecule has 1 aromatic heterocycles. The van der Waals surface area contributed by atoms with Crippen LogP contribution in [-0.2, 0) is 10.8 Å². The number of furan rings is 1. The molecule has 2 nitrogen and oxygen atoms in total. The summed E-state index contributed by atoms with van der Waals surface area (Å²) in [6.45, 7) is 7.28. The van der Waals surface area contributed by atoms with Crippen molar-refractivity contribution in [2.24, 2.45) is 0 Å². The third-order valence-electron chi connectivity index (χ3n) is 14.1. The predicted molar refractivity (Wildman–Crippen MR) is 268 cm³/mol. The molecule has 0 fully saturated rings. The van der Waals surface area contributed by atoms with Crippen LogP contribution in [0, 0.1) is 0 Å². The standard InChI is InChI=1S/C61H47NOSi/c1-64(2,3)50-33-28-46(29-34-50)61(45-21-11-6-12-22-45)55-25-15-13-23-51(55)53-35-31-48(40-58(53)61)62(49-30-27-42-37-38-63-59(42)41-49)47-32-36-57-54(39-47)52-24-14-16-26-56(52)60(57,43-17-7-4-8-18-43)44-19-9-5-10-20-44/h4-41H,1-3H3. The highest BCUT2D eigenvalue weighted by molar-refractivity contribution is 6.88. The number of rotatable bonds is 8. The van der Waals surface area contributed by atoms with Gasteiger partial charge in [0.1, 0.15) is 5.58 Å². The molecule has 1 heterocycles. The number of benzene rings is 9. The summed E-state index contributed by atoms with van der Waals surface area (Å²) in [5.74, 6) is 0. The molecule has 0 aliphatic heterocycles. The lowest BCUT2D eigenvalue weighted by molar-refractivity contribution is 0.616. The van der Waals surface area contributed by atoms with E-state index in [4.69, 9.17) is 4.42 Å². The van der Waals surface area contributed by atoms with Crippen LogP contribution in [0.5, 0.6) is 0 Å². The Kier molecular flexibility index (Phi) is 8.69. The van der Waals surface area contributed by atoms with Gasteiger partial charge < -0.3 is 9.32 Å². The third-order valence-corrected chi connectivity index (χ3v) is 16.1. The van der Waals surface area contributed by atoms with E-state index in [0.717, 1.165) is 28.0 Å². The van der Waals surface area contributed by atoms with Gasteiger partial charge >= 0.3 is 0 Å². The van der Waals surface area contributed by atoms with Crippen LogP contribution in [0.2, 0.25) is 19.6 Å². The Hall–Kier alpha value is -7.46. The minimum Gasteiger partial charge on any atom is -0.464 e. The zero-order chi connectivity index (χ0) is 43.0. The normalized spacial score (nSPS) is 15.6. The van der Waals surface area contributed by atoms with Crippen molar-refractivity contribution in [1.82, 2.24) is 0 Å². The monoisotopic (exact) mass is 837 g/mol. The summed E-state index contributed by atoms with van der Waals surface area (Å²) < 4.78 is 6.10. The molecule has 0 spiro atoms. The molecule has 0 saturated carbocycles. The van der Waals surface area contributed by atoms with Crippen molar-refractivity contribution in [3.63, 3.8) is 0 Å². The molecule has 0 radical (unpaired) electrons. The van der Waals surface area contributed by atoms with Crippen LogP contribution in [0.4, 0.5) is 17.1 Å². The summed E-state index contributed by atoms with van der Waals surface area (Å²) in [7, 11) is -1.55. The Morgan fingerprint density at radius 2 is 0.812 bits per heavy atom. The SMILES string of the molecule is C[Si](C)(C)c1ccc(C2(c3ccccc3)c3ccccc3-c3ccc(N(c4ccc5c(c4)-c4ccccc4C5(c4ccccc4)c4ccccc4)c4ccc5ccoc5c4)cc32)cc1. The molecule has 0 amide bonds. The van der Waals surface area contributed by atoms with Crippen LogP contribution in [0.25, 0.3) is 33.2 Å². The van der Waals surface area contributed by atoms with Gasteiger partial charge in [-0.3, -0.25) is 0 Å². The van der Waals surface area contributed by atoms with Crippen LogP contribution in [0.15, 0.2) is 235 Å². The lowest BCUT2D eigenvalue weighted by atomic mass is 9.67. The van der Waals surface area contributed by atoms with Crippen LogP contribution in [0.3, 0.4) is 0 Å². The van der Waals surface area contributed by atoms with Crippen LogP contribution in [0.1, 0.15) is 44.5 Å². The van der Waals surface area contributed by atoms with Gasteiger partial charge in [0.15, 0.2) is 0 Å². The topological polar surface area (TPSA) is 16.4 Å². The van der Waals surface area contributed by atoms with Gasteiger partial charge in [0, 0.05) is 28.5 Å². The van der Waals surface area contributed by atoms with Gasteiger partial charge in [-0.1, -0.05) is 201 Å². The third kappa shape index (κ3) is 5.57. The molecular formula is C61H47NOSi. The molecule has 3 heteroatoms. The molecule has 0 N–H and O–H groups in total. The first-order valence-corrected chi connectivity index (χ1v) is 25.9. The molecule has 2 aliphatic carbocycles. The van der Waals surface area contributed by atoms with Gasteiger partial charge in [-0.2, -0.15) is 0 Å². The molecule has 9 aromatic carbocycles. The van der Waals surface area contributed by atoms with Crippen molar-refractivity contribution < 1.29 is 4.42 Å². The van der Waals surface area contributed by atoms with E-state index in [1.165, 1.54) is 71.9 Å². The average Bonchev–Trinajstić information content (AvgIpc) is 4.02. The first kappa shape index (κ1) is 38.2. The number of hydrogen-bond acceptors (Lipinski definition) is 2. The molecular weight excluding hydrogens is 791 g/mol. The van der Waals surface area contributed by atoms with Crippen molar-refractivity contribution in [3.05, 3.63) is 275 Å². The first-order valence-electron chi connectivity index (χ1n) is 22.4. The minimum absolute atomic E-state index is 0.482. The van der Waals surface area contributed by atoms with Crippen molar-refractivity contribution in [2.75, 3.05) is 4.90 Å². The number of anilines is 3. The van der Waals surface area contributed by atoms with Crippen molar-refractivity contribution in [3.8, 4) is 22.3 Å². The van der Waals surface area contributed by atoms with Gasteiger partial charge in [-0.05, 0) is 109 Å². The van der Waals surface area contributed by atoms with E-state index in [1.807, 2.05) is 6.07 Å². The van der Waals surface area contributed by atoms with Crippen LogP contribution < -0.4 is 10.1 Å².